The van der Waals surface area contributed by atoms with Gasteiger partial charge in [0, 0.05) is 12.6 Å². The molecule has 3 N–H and O–H groups in total. The van der Waals surface area contributed by atoms with Crippen LogP contribution in [0.1, 0.15) is 20.8 Å². The lowest BCUT2D eigenvalue weighted by Crippen LogP contribution is -2.45. The predicted molar refractivity (Wildman–Crippen MR) is 54.8 cm³/mol. The summed E-state index contributed by atoms with van der Waals surface area (Å²) < 4.78 is 0. The third-order valence-electron chi connectivity index (χ3n) is 1.50. The molecule has 0 radical (unpaired) electrons. The van der Waals surface area contributed by atoms with E-state index in [0.29, 0.717) is 0 Å². The molecule has 5 heteroatoms. The monoisotopic (exact) mass is 201 g/mol. The Hall–Kier alpha value is -1.10. The number of carbonyl (C=O) groups is 2. The third kappa shape index (κ3) is 7.54. The Bertz CT molecular complexity index is 209. The lowest BCUT2D eigenvalue weighted by atomic mass is 10.1. The average Bonchev–Trinajstić information content (AvgIpc) is 2.09. The molecule has 0 heterocycles. The van der Waals surface area contributed by atoms with Crippen LogP contribution in [0, 0.1) is 0 Å². The van der Waals surface area contributed by atoms with Crippen molar-refractivity contribution in [1.29, 1.82) is 0 Å². The number of nitrogens with one attached hydrogen (secondary N) is 3. The zero-order valence-electron chi connectivity index (χ0n) is 9.23. The van der Waals surface area contributed by atoms with Crippen molar-refractivity contribution in [2.75, 3.05) is 20.1 Å². The summed E-state index contributed by atoms with van der Waals surface area (Å²) in [5, 5.41) is 7.93. The van der Waals surface area contributed by atoms with E-state index < -0.39 is 0 Å². The van der Waals surface area contributed by atoms with Gasteiger partial charge in [-0.2, -0.15) is 0 Å². The number of carbonyl (C=O) groups excluding carboxylic acids is 2. The first-order chi connectivity index (χ1) is 6.35. The van der Waals surface area contributed by atoms with Crippen LogP contribution in [0.5, 0.6) is 0 Å². The van der Waals surface area contributed by atoms with Crippen molar-refractivity contribution in [2.45, 2.75) is 26.3 Å². The largest absolute Gasteiger partial charge is 0.358 e. The van der Waals surface area contributed by atoms with Crippen LogP contribution in [0.4, 0.5) is 0 Å². The van der Waals surface area contributed by atoms with Gasteiger partial charge in [0.25, 0.3) is 0 Å². The molecule has 5 nitrogen and oxygen atoms in total. The van der Waals surface area contributed by atoms with Crippen LogP contribution in [-0.2, 0) is 9.59 Å². The maximum atomic E-state index is 11.2. The SMILES string of the molecule is CNC(=O)CNC(=O)CNC(C)(C)C. The van der Waals surface area contributed by atoms with Crippen molar-refractivity contribution in [1.82, 2.24) is 16.0 Å². The molecule has 0 aliphatic carbocycles. The summed E-state index contributed by atoms with van der Waals surface area (Å²) in [6.45, 7) is 6.17. The van der Waals surface area contributed by atoms with E-state index in [1.807, 2.05) is 20.8 Å². The van der Waals surface area contributed by atoms with Gasteiger partial charge >= 0.3 is 0 Å². The number of hydrogen-bond donors (Lipinski definition) is 3. The second kappa shape index (κ2) is 5.59. The Morgan fingerprint density at radius 2 is 1.64 bits per heavy atom. The summed E-state index contributed by atoms with van der Waals surface area (Å²) in [4.78, 5) is 21.9. The van der Waals surface area contributed by atoms with Gasteiger partial charge in [0.05, 0.1) is 13.1 Å². The van der Waals surface area contributed by atoms with E-state index >= 15 is 0 Å². The van der Waals surface area contributed by atoms with E-state index in [0.717, 1.165) is 0 Å². The van der Waals surface area contributed by atoms with Crippen molar-refractivity contribution in [3.63, 3.8) is 0 Å². The molecule has 0 unspecified atom stereocenters. The highest BCUT2D eigenvalue weighted by molar-refractivity contribution is 5.85. The van der Waals surface area contributed by atoms with Gasteiger partial charge in [-0.05, 0) is 20.8 Å². The maximum Gasteiger partial charge on any atom is 0.239 e. The molecular formula is C9H19N3O2. The average molecular weight is 201 g/mol. The van der Waals surface area contributed by atoms with Crippen molar-refractivity contribution >= 4 is 11.8 Å². The Kier molecular flexibility index (Phi) is 5.15. The van der Waals surface area contributed by atoms with E-state index in [-0.39, 0.29) is 30.4 Å². The molecule has 0 atom stereocenters. The van der Waals surface area contributed by atoms with Gasteiger partial charge in [0.2, 0.25) is 11.8 Å². The molecule has 0 saturated carbocycles. The van der Waals surface area contributed by atoms with Crippen molar-refractivity contribution < 1.29 is 9.59 Å². The van der Waals surface area contributed by atoms with Gasteiger partial charge in [0.15, 0.2) is 0 Å². The molecule has 0 aromatic carbocycles. The number of hydrogen-bond acceptors (Lipinski definition) is 3. The molecule has 0 fully saturated rings. The first-order valence-electron chi connectivity index (χ1n) is 4.57. The summed E-state index contributed by atoms with van der Waals surface area (Å²) in [6.07, 6.45) is 0. The molecule has 0 aromatic heterocycles. The lowest BCUT2D eigenvalue weighted by molar-refractivity contribution is -0.125. The zero-order chi connectivity index (χ0) is 11.2. The standard InChI is InChI=1S/C9H19N3O2/c1-9(2,3)12-6-8(14)11-5-7(13)10-4/h12H,5-6H2,1-4H3,(H,10,13)(H,11,14). The summed E-state index contributed by atoms with van der Waals surface area (Å²) in [6, 6.07) is 0. The van der Waals surface area contributed by atoms with Crippen molar-refractivity contribution in [3.05, 3.63) is 0 Å². The predicted octanol–water partition coefficient (Wildman–Crippen LogP) is -0.763. The molecule has 0 aliphatic rings. The summed E-state index contributed by atoms with van der Waals surface area (Å²) in [5.41, 5.74) is -0.0929. The second-order valence-corrected chi connectivity index (χ2v) is 4.05. The molecule has 0 aromatic rings. The molecule has 0 rings (SSSR count). The molecular weight excluding hydrogens is 182 g/mol. The molecule has 0 spiro atoms. The number of rotatable bonds is 4. The molecule has 14 heavy (non-hydrogen) atoms. The smallest absolute Gasteiger partial charge is 0.239 e. The minimum absolute atomic E-state index is 0.0289. The van der Waals surface area contributed by atoms with E-state index in [4.69, 9.17) is 0 Å². The molecule has 0 bridgehead atoms. The highest BCUT2D eigenvalue weighted by Gasteiger charge is 2.11. The first kappa shape index (κ1) is 12.9. The van der Waals surface area contributed by atoms with E-state index in [9.17, 15) is 9.59 Å². The molecule has 82 valence electrons. The summed E-state index contributed by atoms with van der Waals surface area (Å²) >= 11 is 0. The van der Waals surface area contributed by atoms with Crippen LogP contribution in [0.25, 0.3) is 0 Å². The quantitative estimate of drug-likeness (QED) is 0.560. The van der Waals surface area contributed by atoms with Gasteiger partial charge in [-0.3, -0.25) is 9.59 Å². The highest BCUT2D eigenvalue weighted by Crippen LogP contribution is 1.96. The van der Waals surface area contributed by atoms with Crippen molar-refractivity contribution in [3.8, 4) is 0 Å². The number of likely N-dealkylation sites (N-methyl/N-ethyl adjacent to an activating group) is 1. The minimum Gasteiger partial charge on any atom is -0.358 e. The summed E-state index contributed by atoms with van der Waals surface area (Å²) in [5.74, 6) is -0.377. The van der Waals surface area contributed by atoms with Crippen LogP contribution in [0.2, 0.25) is 0 Å². The third-order valence-corrected chi connectivity index (χ3v) is 1.50. The zero-order valence-corrected chi connectivity index (χ0v) is 9.23. The van der Waals surface area contributed by atoms with E-state index in [1.54, 1.807) is 0 Å². The Morgan fingerprint density at radius 3 is 2.07 bits per heavy atom. The van der Waals surface area contributed by atoms with Crippen LogP contribution in [0.15, 0.2) is 0 Å². The Morgan fingerprint density at radius 1 is 1.07 bits per heavy atom. The fraction of sp³-hybridized carbons (Fsp3) is 0.778. The summed E-state index contributed by atoms with van der Waals surface area (Å²) in [7, 11) is 1.53. The Balaban J connectivity index is 3.62. The first-order valence-corrected chi connectivity index (χ1v) is 4.57. The van der Waals surface area contributed by atoms with Gasteiger partial charge in [0.1, 0.15) is 0 Å². The van der Waals surface area contributed by atoms with E-state index in [1.165, 1.54) is 7.05 Å². The van der Waals surface area contributed by atoms with Gasteiger partial charge in [-0.1, -0.05) is 0 Å². The van der Waals surface area contributed by atoms with Crippen LogP contribution in [-0.4, -0.2) is 37.5 Å². The highest BCUT2D eigenvalue weighted by atomic mass is 16.2. The lowest BCUT2D eigenvalue weighted by Gasteiger charge is -2.19. The fourth-order valence-electron chi connectivity index (χ4n) is 0.675. The van der Waals surface area contributed by atoms with Gasteiger partial charge in [-0.25, -0.2) is 0 Å². The molecule has 2 amide bonds. The fourth-order valence-corrected chi connectivity index (χ4v) is 0.675. The topological polar surface area (TPSA) is 70.2 Å². The van der Waals surface area contributed by atoms with Crippen LogP contribution >= 0.6 is 0 Å². The normalized spacial score (nSPS) is 10.9. The van der Waals surface area contributed by atoms with Crippen molar-refractivity contribution in [2.24, 2.45) is 0 Å². The maximum absolute atomic E-state index is 11.2. The van der Waals surface area contributed by atoms with Gasteiger partial charge < -0.3 is 16.0 Å². The van der Waals surface area contributed by atoms with E-state index in [2.05, 4.69) is 16.0 Å². The molecule has 0 saturated heterocycles. The minimum atomic E-state index is -0.200. The van der Waals surface area contributed by atoms with Crippen LogP contribution in [0.3, 0.4) is 0 Å². The molecule has 0 aliphatic heterocycles. The van der Waals surface area contributed by atoms with Crippen LogP contribution < -0.4 is 16.0 Å². The number of amides is 2. The Labute approximate surface area is 84.6 Å². The second-order valence-electron chi connectivity index (χ2n) is 4.05. The van der Waals surface area contributed by atoms with Gasteiger partial charge in [-0.15, -0.1) is 0 Å².